The highest BCUT2D eigenvalue weighted by molar-refractivity contribution is 6.00. The third-order valence-electron chi connectivity index (χ3n) is 5.23. The lowest BCUT2D eigenvalue weighted by molar-refractivity contribution is -0.140. The molecule has 2 aromatic rings. The van der Waals surface area contributed by atoms with Crippen molar-refractivity contribution in [2.75, 3.05) is 25.1 Å². The maximum atomic E-state index is 12.8. The molecule has 27 heavy (non-hydrogen) atoms. The highest BCUT2D eigenvalue weighted by atomic mass is 16.5. The normalized spacial score (nSPS) is 17.3. The number of amides is 2. The fraction of sp³-hybridized carbons (Fsp3) is 0.450. The number of nitrogens with one attached hydrogen (secondary N) is 1. The van der Waals surface area contributed by atoms with Gasteiger partial charge in [0.15, 0.2) is 0 Å². The van der Waals surface area contributed by atoms with E-state index in [2.05, 4.69) is 10.2 Å². The van der Waals surface area contributed by atoms with Gasteiger partial charge in [0.2, 0.25) is 11.8 Å². The van der Waals surface area contributed by atoms with Crippen LogP contribution in [-0.4, -0.2) is 53.2 Å². The summed E-state index contributed by atoms with van der Waals surface area (Å²) in [4.78, 5) is 29.0. The van der Waals surface area contributed by atoms with Crippen molar-refractivity contribution < 1.29 is 14.3 Å². The summed E-state index contributed by atoms with van der Waals surface area (Å²) in [5, 5.41) is 7.11. The second-order valence-electron chi connectivity index (χ2n) is 6.86. The molecule has 1 N–H and O–H groups in total. The van der Waals surface area contributed by atoms with E-state index in [0.29, 0.717) is 25.9 Å². The van der Waals surface area contributed by atoms with Crippen LogP contribution in [0.15, 0.2) is 24.3 Å². The number of rotatable bonds is 5. The maximum Gasteiger partial charge on any atom is 0.249 e. The Morgan fingerprint density at radius 2 is 1.96 bits per heavy atom. The van der Waals surface area contributed by atoms with Gasteiger partial charge in [-0.1, -0.05) is 0 Å². The lowest BCUT2D eigenvalue weighted by Crippen LogP contribution is -2.57. The van der Waals surface area contributed by atoms with Crippen molar-refractivity contribution in [1.29, 1.82) is 0 Å². The van der Waals surface area contributed by atoms with Crippen LogP contribution in [-0.2, 0) is 16.0 Å². The summed E-state index contributed by atoms with van der Waals surface area (Å²) in [6.45, 7) is 6.71. The number of aromatic amines is 1. The zero-order chi connectivity index (χ0) is 19.6. The van der Waals surface area contributed by atoms with Gasteiger partial charge in [-0.05, 0) is 57.0 Å². The largest absolute Gasteiger partial charge is 0.497 e. The van der Waals surface area contributed by atoms with Gasteiger partial charge in [-0.3, -0.25) is 14.7 Å². The summed E-state index contributed by atoms with van der Waals surface area (Å²) in [5.74, 6) is 0.693. The minimum Gasteiger partial charge on any atom is -0.497 e. The Kier molecular flexibility index (Phi) is 5.48. The highest BCUT2D eigenvalue weighted by Gasteiger charge is 2.34. The molecule has 1 aromatic heterocycles. The topological polar surface area (TPSA) is 78.5 Å². The first kappa shape index (κ1) is 18.9. The molecule has 2 amide bonds. The number of ether oxygens (including phenoxy) is 1. The molecule has 2 heterocycles. The number of aryl methyl sites for hydroxylation is 2. The zero-order valence-corrected chi connectivity index (χ0v) is 16.3. The molecule has 0 radical (unpaired) electrons. The van der Waals surface area contributed by atoms with Crippen LogP contribution in [0.5, 0.6) is 5.75 Å². The molecule has 1 atom stereocenters. The quantitative estimate of drug-likeness (QED) is 0.875. The number of anilines is 1. The van der Waals surface area contributed by atoms with Crippen molar-refractivity contribution in [1.82, 2.24) is 15.1 Å². The molecule has 1 aromatic carbocycles. The van der Waals surface area contributed by atoms with Crippen molar-refractivity contribution in [3.8, 4) is 5.75 Å². The van der Waals surface area contributed by atoms with Crippen LogP contribution < -0.4 is 9.64 Å². The van der Waals surface area contributed by atoms with Gasteiger partial charge in [0, 0.05) is 30.9 Å². The standard InChI is InChI=1S/C20H26N4O3/c1-13-18(14(2)22-21-13)9-10-19(25)23-11-12-24(20(26)15(23)3)16-5-7-17(27-4)8-6-16/h5-8,15H,9-12H2,1-4H3,(H,21,22)/t15-/m1/s1. The number of nitrogens with zero attached hydrogens (tertiary/aromatic N) is 3. The smallest absolute Gasteiger partial charge is 0.249 e. The molecule has 7 heteroatoms. The fourth-order valence-corrected chi connectivity index (χ4v) is 3.55. The Bertz CT molecular complexity index is 809. The molecule has 0 saturated carbocycles. The van der Waals surface area contributed by atoms with Crippen molar-refractivity contribution in [3.63, 3.8) is 0 Å². The summed E-state index contributed by atoms with van der Waals surface area (Å²) in [7, 11) is 1.61. The first-order valence-corrected chi connectivity index (χ1v) is 9.17. The van der Waals surface area contributed by atoms with E-state index in [4.69, 9.17) is 4.74 Å². The number of carbonyl (C=O) groups excluding carboxylic acids is 2. The van der Waals surface area contributed by atoms with Gasteiger partial charge in [-0.25, -0.2) is 0 Å². The second kappa shape index (κ2) is 7.82. The van der Waals surface area contributed by atoms with Gasteiger partial charge >= 0.3 is 0 Å². The third kappa shape index (κ3) is 3.82. The SMILES string of the molecule is COc1ccc(N2CCN(C(=O)CCc3c(C)n[nH]c3C)[C@H](C)C2=O)cc1. The fourth-order valence-electron chi connectivity index (χ4n) is 3.55. The molecule has 0 bridgehead atoms. The van der Waals surface area contributed by atoms with E-state index in [-0.39, 0.29) is 11.8 Å². The first-order valence-electron chi connectivity index (χ1n) is 9.17. The molecule has 0 aliphatic carbocycles. The van der Waals surface area contributed by atoms with Gasteiger partial charge in [-0.2, -0.15) is 5.10 Å². The second-order valence-corrected chi connectivity index (χ2v) is 6.86. The Morgan fingerprint density at radius 1 is 1.26 bits per heavy atom. The molecule has 3 rings (SSSR count). The van der Waals surface area contributed by atoms with Crippen molar-refractivity contribution in [3.05, 3.63) is 41.2 Å². The van der Waals surface area contributed by atoms with E-state index in [0.717, 1.165) is 28.4 Å². The molecule has 0 unspecified atom stereocenters. The molecule has 1 aliphatic heterocycles. The number of methoxy groups -OCH3 is 1. The van der Waals surface area contributed by atoms with Gasteiger partial charge < -0.3 is 14.5 Å². The zero-order valence-electron chi connectivity index (χ0n) is 16.3. The van der Waals surface area contributed by atoms with Gasteiger partial charge in [-0.15, -0.1) is 0 Å². The Labute approximate surface area is 159 Å². The van der Waals surface area contributed by atoms with Crippen LogP contribution in [0.2, 0.25) is 0 Å². The van der Waals surface area contributed by atoms with E-state index in [9.17, 15) is 9.59 Å². The summed E-state index contributed by atoms with van der Waals surface area (Å²) in [6.07, 6.45) is 1.01. The maximum absolute atomic E-state index is 12.8. The van der Waals surface area contributed by atoms with Crippen LogP contribution in [0.3, 0.4) is 0 Å². The Morgan fingerprint density at radius 3 is 2.56 bits per heavy atom. The minimum absolute atomic E-state index is 0.00484. The molecular weight excluding hydrogens is 344 g/mol. The average Bonchev–Trinajstić information content (AvgIpc) is 3.00. The minimum atomic E-state index is -0.472. The van der Waals surface area contributed by atoms with E-state index in [1.807, 2.05) is 38.1 Å². The van der Waals surface area contributed by atoms with Gasteiger partial charge in [0.25, 0.3) is 0 Å². The molecule has 1 fully saturated rings. The van der Waals surface area contributed by atoms with Crippen LogP contribution in [0.4, 0.5) is 5.69 Å². The number of piperazine rings is 1. The van der Waals surface area contributed by atoms with E-state index >= 15 is 0 Å². The summed E-state index contributed by atoms with van der Waals surface area (Å²) in [6, 6.07) is 6.93. The number of aromatic nitrogens is 2. The monoisotopic (exact) mass is 370 g/mol. The van der Waals surface area contributed by atoms with E-state index < -0.39 is 6.04 Å². The van der Waals surface area contributed by atoms with Crippen molar-refractivity contribution in [2.24, 2.45) is 0 Å². The summed E-state index contributed by atoms with van der Waals surface area (Å²) in [5.41, 5.74) is 3.83. The first-order chi connectivity index (χ1) is 12.9. The third-order valence-corrected chi connectivity index (χ3v) is 5.23. The summed E-state index contributed by atoms with van der Waals surface area (Å²) >= 11 is 0. The molecule has 7 nitrogen and oxygen atoms in total. The lowest BCUT2D eigenvalue weighted by Gasteiger charge is -2.39. The van der Waals surface area contributed by atoms with Gasteiger partial charge in [0.05, 0.1) is 12.8 Å². The number of hydrogen-bond acceptors (Lipinski definition) is 4. The Balaban J connectivity index is 1.64. The molecule has 0 spiro atoms. The molecule has 1 saturated heterocycles. The highest BCUT2D eigenvalue weighted by Crippen LogP contribution is 2.24. The molecule has 1 aliphatic rings. The number of carbonyl (C=O) groups is 2. The van der Waals surface area contributed by atoms with E-state index in [1.165, 1.54) is 0 Å². The van der Waals surface area contributed by atoms with E-state index in [1.54, 1.807) is 23.8 Å². The predicted molar refractivity (Wildman–Crippen MR) is 103 cm³/mol. The molecular formula is C20H26N4O3. The average molecular weight is 370 g/mol. The van der Waals surface area contributed by atoms with Crippen LogP contribution >= 0.6 is 0 Å². The number of H-pyrrole nitrogens is 1. The van der Waals surface area contributed by atoms with Crippen LogP contribution in [0, 0.1) is 13.8 Å². The Hall–Kier alpha value is -2.83. The summed E-state index contributed by atoms with van der Waals surface area (Å²) < 4.78 is 5.16. The molecule has 144 valence electrons. The predicted octanol–water partition coefficient (Wildman–Crippen LogP) is 2.23. The van der Waals surface area contributed by atoms with Crippen molar-refractivity contribution in [2.45, 2.75) is 39.7 Å². The van der Waals surface area contributed by atoms with Gasteiger partial charge in [0.1, 0.15) is 11.8 Å². The number of hydrogen-bond donors (Lipinski definition) is 1. The van der Waals surface area contributed by atoms with Crippen LogP contribution in [0.1, 0.15) is 30.3 Å². The van der Waals surface area contributed by atoms with Crippen molar-refractivity contribution >= 4 is 17.5 Å². The number of benzene rings is 1. The van der Waals surface area contributed by atoms with Crippen LogP contribution in [0.25, 0.3) is 0 Å². The lowest BCUT2D eigenvalue weighted by atomic mass is 10.1.